The number of fused-ring (bicyclic) bond motifs is 1. The zero-order valence-electron chi connectivity index (χ0n) is 16.9. The monoisotopic (exact) mass is 379 g/mol. The van der Waals surface area contributed by atoms with Gasteiger partial charge in [-0.05, 0) is 69.1 Å². The molecule has 1 aliphatic heterocycles. The lowest BCUT2D eigenvalue weighted by Crippen LogP contribution is -2.34. The molecule has 4 rings (SSSR count). The summed E-state index contributed by atoms with van der Waals surface area (Å²) in [6.45, 7) is 7.16. The van der Waals surface area contributed by atoms with Crippen molar-refractivity contribution in [2.45, 2.75) is 45.3 Å². The van der Waals surface area contributed by atoms with Gasteiger partial charge in [0, 0.05) is 36.3 Å². The number of piperidine rings is 1. The van der Waals surface area contributed by atoms with Crippen molar-refractivity contribution in [3.05, 3.63) is 53.9 Å². The topological polar surface area (TPSA) is 50.4 Å². The standard InChI is InChI=1S/C23H29N3O2/c1-16(2)28-21-9-8-17(12-22(21)27-3)14-26-11-5-7-19(15-26)20-13-18-6-4-10-24-23(18)25-20/h4,6,8-10,12-13,16,19H,5,7,11,14-15H2,1-3H3,(H,24,25)/t19-/m0/s1. The molecule has 1 aliphatic rings. The predicted octanol–water partition coefficient (Wildman–Crippen LogP) is 4.74. The van der Waals surface area contributed by atoms with Crippen LogP contribution in [0, 0.1) is 0 Å². The second-order valence-electron chi connectivity index (χ2n) is 7.89. The van der Waals surface area contributed by atoms with Gasteiger partial charge in [-0.25, -0.2) is 4.98 Å². The number of aromatic nitrogens is 2. The van der Waals surface area contributed by atoms with E-state index in [4.69, 9.17) is 9.47 Å². The molecule has 5 nitrogen and oxygen atoms in total. The fourth-order valence-corrected chi connectivity index (χ4v) is 4.07. The number of nitrogens with zero attached hydrogens (tertiary/aromatic N) is 2. The van der Waals surface area contributed by atoms with Crippen molar-refractivity contribution in [1.29, 1.82) is 0 Å². The van der Waals surface area contributed by atoms with Gasteiger partial charge >= 0.3 is 0 Å². The number of hydrogen-bond acceptors (Lipinski definition) is 4. The highest BCUT2D eigenvalue weighted by molar-refractivity contribution is 5.76. The molecular weight excluding hydrogens is 350 g/mol. The van der Waals surface area contributed by atoms with E-state index in [9.17, 15) is 0 Å². The Kier molecular flexibility index (Phi) is 5.53. The first-order chi connectivity index (χ1) is 13.6. The maximum Gasteiger partial charge on any atom is 0.161 e. The average molecular weight is 380 g/mol. The number of aromatic amines is 1. The quantitative estimate of drug-likeness (QED) is 0.672. The minimum Gasteiger partial charge on any atom is -0.493 e. The summed E-state index contributed by atoms with van der Waals surface area (Å²) in [5.41, 5.74) is 3.55. The Balaban J connectivity index is 1.46. The van der Waals surface area contributed by atoms with Gasteiger partial charge in [-0.15, -0.1) is 0 Å². The van der Waals surface area contributed by atoms with E-state index in [1.54, 1.807) is 7.11 Å². The summed E-state index contributed by atoms with van der Waals surface area (Å²) < 4.78 is 11.4. The molecule has 1 saturated heterocycles. The van der Waals surface area contributed by atoms with E-state index in [1.807, 2.05) is 32.2 Å². The van der Waals surface area contributed by atoms with E-state index in [2.05, 4.69) is 39.1 Å². The van der Waals surface area contributed by atoms with Crippen molar-refractivity contribution in [3.63, 3.8) is 0 Å². The molecule has 0 bridgehead atoms. The molecule has 5 heteroatoms. The molecule has 148 valence electrons. The van der Waals surface area contributed by atoms with Crippen molar-refractivity contribution in [3.8, 4) is 11.5 Å². The summed E-state index contributed by atoms with van der Waals surface area (Å²) in [4.78, 5) is 10.5. The smallest absolute Gasteiger partial charge is 0.161 e. The van der Waals surface area contributed by atoms with Crippen molar-refractivity contribution in [2.75, 3.05) is 20.2 Å². The van der Waals surface area contributed by atoms with Gasteiger partial charge in [0.25, 0.3) is 0 Å². The number of H-pyrrole nitrogens is 1. The first kappa shape index (κ1) is 18.8. The Hall–Kier alpha value is -2.53. The molecule has 0 radical (unpaired) electrons. The minimum absolute atomic E-state index is 0.133. The number of likely N-dealkylation sites (tertiary alicyclic amines) is 1. The second-order valence-corrected chi connectivity index (χ2v) is 7.89. The minimum atomic E-state index is 0.133. The summed E-state index contributed by atoms with van der Waals surface area (Å²) in [7, 11) is 1.70. The molecule has 3 aromatic rings. The van der Waals surface area contributed by atoms with Crippen LogP contribution in [0.4, 0.5) is 0 Å². The molecule has 0 saturated carbocycles. The van der Waals surface area contributed by atoms with Gasteiger partial charge in [-0.2, -0.15) is 0 Å². The maximum absolute atomic E-state index is 5.84. The first-order valence-corrected chi connectivity index (χ1v) is 10.1. The third-order valence-corrected chi connectivity index (χ3v) is 5.35. The molecular formula is C23H29N3O2. The Morgan fingerprint density at radius 3 is 2.89 bits per heavy atom. The van der Waals surface area contributed by atoms with E-state index in [0.717, 1.165) is 36.8 Å². The Morgan fingerprint density at radius 2 is 2.11 bits per heavy atom. The molecule has 1 fully saturated rings. The van der Waals surface area contributed by atoms with Gasteiger partial charge in [0.1, 0.15) is 5.65 Å². The molecule has 1 atom stereocenters. The molecule has 1 aromatic carbocycles. The predicted molar refractivity (Wildman–Crippen MR) is 112 cm³/mol. The third-order valence-electron chi connectivity index (χ3n) is 5.35. The Labute approximate surface area is 166 Å². The van der Waals surface area contributed by atoms with E-state index in [-0.39, 0.29) is 6.10 Å². The van der Waals surface area contributed by atoms with Crippen LogP contribution in [-0.2, 0) is 6.54 Å². The summed E-state index contributed by atoms with van der Waals surface area (Å²) in [5, 5.41) is 1.19. The summed E-state index contributed by atoms with van der Waals surface area (Å²) in [6, 6.07) is 12.7. The van der Waals surface area contributed by atoms with Crippen molar-refractivity contribution < 1.29 is 9.47 Å². The van der Waals surface area contributed by atoms with Crippen LogP contribution in [0.1, 0.15) is 43.9 Å². The fraction of sp³-hybridized carbons (Fsp3) is 0.435. The SMILES string of the molecule is COc1cc(CN2CCC[C@H](c3cc4cccnc4[nH]3)C2)ccc1OC(C)C. The highest BCUT2D eigenvalue weighted by Crippen LogP contribution is 2.32. The van der Waals surface area contributed by atoms with Crippen LogP contribution < -0.4 is 9.47 Å². The van der Waals surface area contributed by atoms with E-state index < -0.39 is 0 Å². The number of methoxy groups -OCH3 is 1. The lowest BCUT2D eigenvalue weighted by Gasteiger charge is -2.32. The van der Waals surface area contributed by atoms with Crippen LogP contribution in [-0.4, -0.2) is 41.2 Å². The van der Waals surface area contributed by atoms with Crippen molar-refractivity contribution in [2.24, 2.45) is 0 Å². The van der Waals surface area contributed by atoms with Crippen LogP contribution in [0.15, 0.2) is 42.6 Å². The normalized spacial score (nSPS) is 17.9. The third kappa shape index (κ3) is 4.14. The van der Waals surface area contributed by atoms with E-state index >= 15 is 0 Å². The maximum atomic E-state index is 5.84. The molecule has 28 heavy (non-hydrogen) atoms. The zero-order chi connectivity index (χ0) is 19.5. The highest BCUT2D eigenvalue weighted by atomic mass is 16.5. The van der Waals surface area contributed by atoms with E-state index in [0.29, 0.717) is 5.92 Å². The number of ether oxygens (including phenoxy) is 2. The molecule has 0 spiro atoms. The van der Waals surface area contributed by atoms with Gasteiger partial charge in [0.2, 0.25) is 0 Å². The Bertz CT molecular complexity index is 901. The van der Waals surface area contributed by atoms with Gasteiger partial charge in [0.15, 0.2) is 11.5 Å². The highest BCUT2D eigenvalue weighted by Gasteiger charge is 2.23. The van der Waals surface area contributed by atoms with Crippen LogP contribution in [0.3, 0.4) is 0 Å². The summed E-state index contributed by atoms with van der Waals surface area (Å²) in [6.07, 6.45) is 4.40. The average Bonchev–Trinajstić information content (AvgIpc) is 3.13. The van der Waals surface area contributed by atoms with Crippen LogP contribution in [0.5, 0.6) is 11.5 Å². The number of nitrogens with one attached hydrogen (secondary N) is 1. The molecule has 3 heterocycles. The first-order valence-electron chi connectivity index (χ1n) is 10.1. The van der Waals surface area contributed by atoms with Gasteiger partial charge in [-0.3, -0.25) is 4.90 Å². The summed E-state index contributed by atoms with van der Waals surface area (Å²) in [5.74, 6) is 2.14. The lowest BCUT2D eigenvalue weighted by molar-refractivity contribution is 0.198. The van der Waals surface area contributed by atoms with Crippen molar-refractivity contribution >= 4 is 11.0 Å². The summed E-state index contributed by atoms with van der Waals surface area (Å²) >= 11 is 0. The molecule has 0 unspecified atom stereocenters. The number of pyridine rings is 1. The second kappa shape index (κ2) is 8.23. The van der Waals surface area contributed by atoms with Crippen LogP contribution >= 0.6 is 0 Å². The van der Waals surface area contributed by atoms with Crippen molar-refractivity contribution in [1.82, 2.24) is 14.9 Å². The molecule has 2 aromatic heterocycles. The Morgan fingerprint density at radius 1 is 1.21 bits per heavy atom. The number of benzene rings is 1. The van der Waals surface area contributed by atoms with E-state index in [1.165, 1.54) is 29.5 Å². The lowest BCUT2D eigenvalue weighted by atomic mass is 9.94. The molecule has 0 aliphatic carbocycles. The fourth-order valence-electron chi connectivity index (χ4n) is 4.07. The molecule has 0 amide bonds. The molecule has 1 N–H and O–H groups in total. The largest absolute Gasteiger partial charge is 0.493 e. The van der Waals surface area contributed by atoms with Crippen LogP contribution in [0.25, 0.3) is 11.0 Å². The van der Waals surface area contributed by atoms with Gasteiger partial charge < -0.3 is 14.5 Å². The van der Waals surface area contributed by atoms with Crippen LogP contribution in [0.2, 0.25) is 0 Å². The van der Waals surface area contributed by atoms with Gasteiger partial charge in [-0.1, -0.05) is 6.07 Å². The zero-order valence-corrected chi connectivity index (χ0v) is 16.9. The number of hydrogen-bond donors (Lipinski definition) is 1. The van der Waals surface area contributed by atoms with Gasteiger partial charge in [0.05, 0.1) is 13.2 Å². The number of rotatable bonds is 6.